The van der Waals surface area contributed by atoms with E-state index in [4.69, 9.17) is 11.6 Å². The van der Waals surface area contributed by atoms with Crippen molar-refractivity contribution in [2.24, 2.45) is 0 Å². The standard InChI is InChI=1S/C16H12ClFN2S/c1-10-8-11(5-6-12(10)18)15-14(9-17)21-16(20-15)13-4-2-3-7-19-13/h2-8H,9H2,1H3. The highest BCUT2D eigenvalue weighted by Crippen LogP contribution is 2.34. The van der Waals surface area contributed by atoms with Crippen molar-refractivity contribution in [1.29, 1.82) is 0 Å². The number of nitrogens with zero attached hydrogens (tertiary/aromatic N) is 2. The van der Waals surface area contributed by atoms with E-state index in [1.165, 1.54) is 17.4 Å². The molecule has 3 aromatic rings. The van der Waals surface area contributed by atoms with Gasteiger partial charge in [0.1, 0.15) is 10.8 Å². The Bertz CT molecular complexity index is 771. The number of pyridine rings is 1. The molecule has 0 N–H and O–H groups in total. The highest BCUT2D eigenvalue weighted by Gasteiger charge is 2.15. The lowest BCUT2D eigenvalue weighted by molar-refractivity contribution is 0.619. The Hall–Kier alpha value is -1.78. The van der Waals surface area contributed by atoms with Crippen molar-refractivity contribution in [3.63, 3.8) is 0 Å². The van der Waals surface area contributed by atoms with Crippen LogP contribution in [-0.2, 0) is 5.88 Å². The molecule has 1 aromatic carbocycles. The fourth-order valence-corrected chi connectivity index (χ4v) is 3.26. The number of hydrogen-bond donors (Lipinski definition) is 0. The van der Waals surface area contributed by atoms with Crippen molar-refractivity contribution in [2.45, 2.75) is 12.8 Å². The van der Waals surface area contributed by atoms with Gasteiger partial charge < -0.3 is 0 Å². The van der Waals surface area contributed by atoms with Gasteiger partial charge in [0, 0.05) is 16.6 Å². The van der Waals surface area contributed by atoms with Gasteiger partial charge in [-0.3, -0.25) is 4.98 Å². The van der Waals surface area contributed by atoms with Crippen molar-refractivity contribution < 1.29 is 4.39 Å². The van der Waals surface area contributed by atoms with E-state index in [1.54, 1.807) is 25.3 Å². The summed E-state index contributed by atoms with van der Waals surface area (Å²) in [5, 5.41) is 0.822. The second-order valence-electron chi connectivity index (χ2n) is 4.60. The molecule has 0 amide bonds. The third kappa shape index (κ3) is 2.82. The Morgan fingerprint density at radius 1 is 1.24 bits per heavy atom. The van der Waals surface area contributed by atoms with E-state index >= 15 is 0 Å². The molecule has 0 saturated carbocycles. The lowest BCUT2D eigenvalue weighted by Gasteiger charge is -2.02. The molecule has 0 radical (unpaired) electrons. The summed E-state index contributed by atoms with van der Waals surface area (Å²) in [7, 11) is 0. The van der Waals surface area contributed by atoms with Crippen LogP contribution in [0.5, 0.6) is 0 Å². The van der Waals surface area contributed by atoms with Crippen molar-refractivity contribution in [3.8, 4) is 22.0 Å². The number of aromatic nitrogens is 2. The molecular formula is C16H12ClFN2S. The first kappa shape index (κ1) is 14.2. The molecule has 5 heteroatoms. The van der Waals surface area contributed by atoms with E-state index in [-0.39, 0.29) is 5.82 Å². The summed E-state index contributed by atoms with van der Waals surface area (Å²) < 4.78 is 13.4. The highest BCUT2D eigenvalue weighted by molar-refractivity contribution is 7.15. The Morgan fingerprint density at radius 3 is 2.76 bits per heavy atom. The normalized spacial score (nSPS) is 10.8. The topological polar surface area (TPSA) is 25.8 Å². The molecule has 21 heavy (non-hydrogen) atoms. The number of alkyl halides is 1. The van der Waals surface area contributed by atoms with Gasteiger partial charge in [-0.25, -0.2) is 9.37 Å². The van der Waals surface area contributed by atoms with Gasteiger partial charge in [0.2, 0.25) is 0 Å². The van der Waals surface area contributed by atoms with E-state index in [1.807, 2.05) is 18.2 Å². The maximum atomic E-state index is 13.4. The van der Waals surface area contributed by atoms with Gasteiger partial charge in [-0.1, -0.05) is 6.07 Å². The van der Waals surface area contributed by atoms with Gasteiger partial charge in [0.15, 0.2) is 0 Å². The lowest BCUT2D eigenvalue weighted by atomic mass is 10.1. The van der Waals surface area contributed by atoms with E-state index in [0.717, 1.165) is 26.8 Å². The number of thiazole rings is 1. The fourth-order valence-electron chi connectivity index (χ4n) is 2.06. The number of benzene rings is 1. The van der Waals surface area contributed by atoms with Crippen LogP contribution in [0, 0.1) is 12.7 Å². The second-order valence-corrected chi connectivity index (χ2v) is 5.95. The molecule has 0 unspecified atom stereocenters. The summed E-state index contributed by atoms with van der Waals surface area (Å²) in [4.78, 5) is 9.91. The quantitative estimate of drug-likeness (QED) is 0.631. The molecule has 106 valence electrons. The average molecular weight is 319 g/mol. The van der Waals surface area contributed by atoms with Crippen molar-refractivity contribution in [3.05, 3.63) is 58.9 Å². The number of hydrogen-bond acceptors (Lipinski definition) is 3. The predicted octanol–water partition coefficient (Wildman–Crippen LogP) is 5.06. The van der Waals surface area contributed by atoms with Crippen LogP contribution >= 0.6 is 22.9 Å². The van der Waals surface area contributed by atoms with Crippen molar-refractivity contribution in [1.82, 2.24) is 9.97 Å². The monoisotopic (exact) mass is 318 g/mol. The van der Waals surface area contributed by atoms with Gasteiger partial charge in [-0.2, -0.15) is 0 Å². The van der Waals surface area contributed by atoms with Gasteiger partial charge in [0.05, 0.1) is 17.3 Å². The SMILES string of the molecule is Cc1cc(-c2nc(-c3ccccn3)sc2CCl)ccc1F. The minimum Gasteiger partial charge on any atom is -0.254 e. The Balaban J connectivity index is 2.10. The molecule has 3 rings (SSSR count). The van der Waals surface area contributed by atoms with Crippen molar-refractivity contribution >= 4 is 22.9 Å². The molecule has 0 bridgehead atoms. The zero-order valence-corrected chi connectivity index (χ0v) is 12.9. The molecular weight excluding hydrogens is 307 g/mol. The summed E-state index contributed by atoms with van der Waals surface area (Å²) in [6.07, 6.45) is 1.73. The first-order valence-electron chi connectivity index (χ1n) is 6.42. The molecule has 2 nitrogen and oxygen atoms in total. The van der Waals surface area contributed by atoms with Gasteiger partial charge in [0.25, 0.3) is 0 Å². The molecule has 0 aliphatic rings. The van der Waals surface area contributed by atoms with Gasteiger partial charge in [-0.15, -0.1) is 22.9 Å². The van der Waals surface area contributed by atoms with Crippen LogP contribution in [0.4, 0.5) is 4.39 Å². The number of aryl methyl sites for hydroxylation is 1. The molecule has 2 aromatic heterocycles. The molecule has 0 fully saturated rings. The fraction of sp³-hybridized carbons (Fsp3) is 0.125. The van der Waals surface area contributed by atoms with Crippen LogP contribution in [-0.4, -0.2) is 9.97 Å². The molecule has 0 saturated heterocycles. The lowest BCUT2D eigenvalue weighted by Crippen LogP contribution is -1.87. The van der Waals surface area contributed by atoms with Crippen LogP contribution in [0.1, 0.15) is 10.4 Å². The smallest absolute Gasteiger partial charge is 0.142 e. The van der Waals surface area contributed by atoms with E-state index in [0.29, 0.717) is 11.4 Å². The maximum Gasteiger partial charge on any atom is 0.142 e. The molecule has 0 atom stereocenters. The zero-order chi connectivity index (χ0) is 14.8. The van der Waals surface area contributed by atoms with Crippen LogP contribution < -0.4 is 0 Å². The Labute approximate surface area is 131 Å². The third-order valence-corrected chi connectivity index (χ3v) is 4.64. The largest absolute Gasteiger partial charge is 0.254 e. The van der Waals surface area contributed by atoms with E-state index in [2.05, 4.69) is 9.97 Å². The van der Waals surface area contributed by atoms with Gasteiger partial charge in [-0.05, 0) is 42.8 Å². The predicted molar refractivity (Wildman–Crippen MR) is 85.0 cm³/mol. The summed E-state index contributed by atoms with van der Waals surface area (Å²) in [6, 6.07) is 10.7. The van der Waals surface area contributed by atoms with Crippen LogP contribution in [0.15, 0.2) is 42.6 Å². The minimum atomic E-state index is -0.216. The first-order chi connectivity index (χ1) is 10.2. The number of halogens is 2. The summed E-state index contributed by atoms with van der Waals surface area (Å²) in [6.45, 7) is 1.74. The molecule has 2 heterocycles. The summed E-state index contributed by atoms with van der Waals surface area (Å²) in [5.41, 5.74) is 3.10. The molecule has 0 aliphatic carbocycles. The van der Waals surface area contributed by atoms with Crippen LogP contribution in [0.3, 0.4) is 0 Å². The first-order valence-corrected chi connectivity index (χ1v) is 7.77. The number of rotatable bonds is 3. The third-order valence-electron chi connectivity index (χ3n) is 3.13. The molecule has 0 aliphatic heterocycles. The van der Waals surface area contributed by atoms with Crippen LogP contribution in [0.2, 0.25) is 0 Å². The van der Waals surface area contributed by atoms with E-state index < -0.39 is 0 Å². The summed E-state index contributed by atoms with van der Waals surface area (Å²) in [5.74, 6) is 0.155. The molecule has 0 spiro atoms. The Kier molecular flexibility index (Phi) is 3.99. The van der Waals surface area contributed by atoms with Crippen LogP contribution in [0.25, 0.3) is 22.0 Å². The minimum absolute atomic E-state index is 0.216. The average Bonchev–Trinajstić information content (AvgIpc) is 2.95. The second kappa shape index (κ2) is 5.92. The zero-order valence-electron chi connectivity index (χ0n) is 11.3. The Morgan fingerprint density at radius 2 is 2.10 bits per heavy atom. The summed E-state index contributed by atoms with van der Waals surface area (Å²) >= 11 is 7.55. The van der Waals surface area contributed by atoms with Gasteiger partial charge >= 0.3 is 0 Å². The maximum absolute atomic E-state index is 13.4. The van der Waals surface area contributed by atoms with E-state index in [9.17, 15) is 4.39 Å². The van der Waals surface area contributed by atoms with Crippen molar-refractivity contribution in [2.75, 3.05) is 0 Å². The highest BCUT2D eigenvalue weighted by atomic mass is 35.5.